The number of nitrogens with one attached hydrogen (secondary N) is 1. The van der Waals surface area contributed by atoms with Crippen molar-refractivity contribution < 1.29 is 19.0 Å². The second kappa shape index (κ2) is 8.45. The highest BCUT2D eigenvalue weighted by Crippen LogP contribution is 2.35. The van der Waals surface area contributed by atoms with Crippen molar-refractivity contribution in [2.75, 3.05) is 27.9 Å². The highest BCUT2D eigenvalue weighted by atomic mass is 35.5. The van der Waals surface area contributed by atoms with E-state index in [9.17, 15) is 4.79 Å². The van der Waals surface area contributed by atoms with Gasteiger partial charge in [-0.05, 0) is 36.8 Å². The molecule has 0 bridgehead atoms. The molecule has 0 aromatic heterocycles. The maximum atomic E-state index is 12.1. The smallest absolute Gasteiger partial charge is 0.251 e. The van der Waals surface area contributed by atoms with Gasteiger partial charge in [0.2, 0.25) is 0 Å². The first kappa shape index (κ1) is 17.9. The Hall–Kier alpha value is -2.40. The number of carbonyl (C=O) groups is 1. The minimum Gasteiger partial charge on any atom is -0.497 e. The zero-order chi connectivity index (χ0) is 17.5. The normalized spacial score (nSPS) is 10.2. The Kier molecular flexibility index (Phi) is 6.32. The maximum Gasteiger partial charge on any atom is 0.251 e. The zero-order valence-corrected chi connectivity index (χ0v) is 14.6. The molecule has 128 valence electrons. The number of carbonyl (C=O) groups excluding carboxylic acids is 1. The summed E-state index contributed by atoms with van der Waals surface area (Å²) in [6.45, 7) is 0.453. The van der Waals surface area contributed by atoms with E-state index in [2.05, 4.69) is 5.32 Å². The molecular formula is C18H20ClNO4. The summed E-state index contributed by atoms with van der Waals surface area (Å²) in [5.74, 6) is 1.75. The fourth-order valence-corrected chi connectivity index (χ4v) is 2.46. The third kappa shape index (κ3) is 4.32. The van der Waals surface area contributed by atoms with Crippen LogP contribution in [0.1, 0.15) is 15.9 Å². The van der Waals surface area contributed by atoms with Gasteiger partial charge in [0.15, 0.2) is 11.5 Å². The first-order valence-corrected chi connectivity index (χ1v) is 7.79. The van der Waals surface area contributed by atoms with Gasteiger partial charge in [-0.15, -0.1) is 0 Å². The van der Waals surface area contributed by atoms with Crippen LogP contribution in [0.15, 0.2) is 36.4 Å². The molecule has 0 heterocycles. The molecule has 1 N–H and O–H groups in total. The average molecular weight is 350 g/mol. The predicted molar refractivity (Wildman–Crippen MR) is 93.6 cm³/mol. The topological polar surface area (TPSA) is 56.8 Å². The number of amides is 1. The van der Waals surface area contributed by atoms with Crippen molar-refractivity contribution in [1.82, 2.24) is 5.32 Å². The summed E-state index contributed by atoms with van der Waals surface area (Å²) in [4.78, 5) is 12.1. The third-order valence-corrected chi connectivity index (χ3v) is 3.80. The minimum atomic E-state index is -0.152. The Balaban J connectivity index is 2.05. The lowest BCUT2D eigenvalue weighted by Gasteiger charge is -2.15. The molecule has 0 unspecified atom stereocenters. The highest BCUT2D eigenvalue weighted by molar-refractivity contribution is 6.30. The molecule has 24 heavy (non-hydrogen) atoms. The molecule has 0 atom stereocenters. The van der Waals surface area contributed by atoms with E-state index in [1.54, 1.807) is 51.7 Å². The monoisotopic (exact) mass is 349 g/mol. The molecule has 0 saturated carbocycles. The minimum absolute atomic E-state index is 0.152. The van der Waals surface area contributed by atoms with Crippen LogP contribution >= 0.6 is 11.6 Å². The number of benzene rings is 2. The summed E-state index contributed by atoms with van der Waals surface area (Å²) >= 11 is 5.82. The summed E-state index contributed by atoms with van der Waals surface area (Å²) in [5, 5.41) is 3.47. The molecule has 0 saturated heterocycles. The van der Waals surface area contributed by atoms with E-state index >= 15 is 0 Å². The van der Waals surface area contributed by atoms with Gasteiger partial charge < -0.3 is 19.5 Å². The van der Waals surface area contributed by atoms with Crippen LogP contribution in [0, 0.1) is 0 Å². The van der Waals surface area contributed by atoms with Crippen molar-refractivity contribution in [3.63, 3.8) is 0 Å². The number of hydrogen-bond donors (Lipinski definition) is 1. The van der Waals surface area contributed by atoms with Crippen molar-refractivity contribution in [2.24, 2.45) is 0 Å². The van der Waals surface area contributed by atoms with Crippen LogP contribution in [0.25, 0.3) is 0 Å². The Labute approximate surface area is 146 Å². The van der Waals surface area contributed by atoms with Crippen LogP contribution in [0.2, 0.25) is 5.02 Å². The van der Waals surface area contributed by atoms with Crippen molar-refractivity contribution in [3.05, 3.63) is 52.5 Å². The zero-order valence-electron chi connectivity index (χ0n) is 13.9. The number of hydrogen-bond acceptors (Lipinski definition) is 4. The summed E-state index contributed by atoms with van der Waals surface area (Å²) in [7, 11) is 4.75. The molecule has 0 spiro atoms. The molecule has 0 aliphatic rings. The van der Waals surface area contributed by atoms with Crippen molar-refractivity contribution in [1.29, 1.82) is 0 Å². The van der Waals surface area contributed by atoms with Gasteiger partial charge in [-0.1, -0.05) is 11.6 Å². The fraction of sp³-hybridized carbons (Fsp3) is 0.278. The summed E-state index contributed by atoms with van der Waals surface area (Å²) < 4.78 is 16.0. The molecule has 0 fully saturated rings. The lowest BCUT2D eigenvalue weighted by Crippen LogP contribution is -2.25. The van der Waals surface area contributed by atoms with Crippen molar-refractivity contribution >= 4 is 17.5 Å². The van der Waals surface area contributed by atoms with E-state index in [1.807, 2.05) is 6.07 Å². The van der Waals surface area contributed by atoms with Gasteiger partial charge in [0, 0.05) is 28.8 Å². The predicted octanol–water partition coefficient (Wildman–Crippen LogP) is 3.34. The van der Waals surface area contributed by atoms with Crippen LogP contribution in [0.4, 0.5) is 0 Å². The van der Waals surface area contributed by atoms with E-state index < -0.39 is 0 Å². The van der Waals surface area contributed by atoms with Crippen molar-refractivity contribution in [2.45, 2.75) is 6.42 Å². The first-order valence-electron chi connectivity index (χ1n) is 7.41. The quantitative estimate of drug-likeness (QED) is 0.833. The van der Waals surface area contributed by atoms with E-state index in [0.29, 0.717) is 40.8 Å². The fourth-order valence-electron chi connectivity index (χ4n) is 2.33. The molecule has 6 heteroatoms. The third-order valence-electron chi connectivity index (χ3n) is 3.55. The van der Waals surface area contributed by atoms with Crippen LogP contribution in [0.3, 0.4) is 0 Å². The van der Waals surface area contributed by atoms with E-state index in [-0.39, 0.29) is 5.91 Å². The number of ether oxygens (including phenoxy) is 3. The van der Waals surface area contributed by atoms with Gasteiger partial charge in [-0.2, -0.15) is 0 Å². The van der Waals surface area contributed by atoms with Crippen LogP contribution in [0.5, 0.6) is 17.2 Å². The summed E-state index contributed by atoms with van der Waals surface area (Å²) in [6.07, 6.45) is 0.579. The van der Waals surface area contributed by atoms with Crippen LogP contribution in [-0.2, 0) is 6.42 Å². The van der Waals surface area contributed by atoms with E-state index in [4.69, 9.17) is 25.8 Å². The van der Waals surface area contributed by atoms with Gasteiger partial charge in [0.1, 0.15) is 5.75 Å². The van der Waals surface area contributed by atoms with Crippen LogP contribution in [-0.4, -0.2) is 33.8 Å². The lowest BCUT2D eigenvalue weighted by molar-refractivity contribution is 0.0954. The molecule has 2 aromatic rings. The molecule has 0 aliphatic carbocycles. The number of methoxy groups -OCH3 is 3. The molecule has 0 radical (unpaired) electrons. The molecule has 5 nitrogen and oxygen atoms in total. The van der Waals surface area contributed by atoms with Crippen LogP contribution < -0.4 is 19.5 Å². The Morgan fingerprint density at radius 1 is 1.04 bits per heavy atom. The Morgan fingerprint density at radius 2 is 1.75 bits per heavy atom. The molecule has 2 rings (SSSR count). The van der Waals surface area contributed by atoms with Gasteiger partial charge >= 0.3 is 0 Å². The summed E-state index contributed by atoms with van der Waals surface area (Å²) in [5.41, 5.74) is 1.46. The van der Waals surface area contributed by atoms with Gasteiger partial charge in [0.05, 0.1) is 21.3 Å². The SMILES string of the molecule is COc1cc(CCNC(=O)c2ccc(Cl)cc2)c(OC)c(OC)c1. The lowest BCUT2D eigenvalue weighted by atomic mass is 10.1. The number of halogens is 1. The van der Waals surface area contributed by atoms with Crippen molar-refractivity contribution in [3.8, 4) is 17.2 Å². The largest absolute Gasteiger partial charge is 0.497 e. The second-order valence-electron chi connectivity index (χ2n) is 5.03. The van der Waals surface area contributed by atoms with Gasteiger partial charge in [-0.25, -0.2) is 0 Å². The highest BCUT2D eigenvalue weighted by Gasteiger charge is 2.13. The molecule has 2 aromatic carbocycles. The summed E-state index contributed by atoms with van der Waals surface area (Å²) in [6, 6.07) is 10.4. The van der Waals surface area contributed by atoms with Gasteiger partial charge in [0.25, 0.3) is 5.91 Å². The Bertz CT molecular complexity index is 701. The van der Waals surface area contributed by atoms with E-state index in [0.717, 1.165) is 5.56 Å². The molecule has 1 amide bonds. The molecular weight excluding hydrogens is 330 g/mol. The van der Waals surface area contributed by atoms with E-state index in [1.165, 1.54) is 0 Å². The average Bonchev–Trinajstić information content (AvgIpc) is 2.61. The maximum absolute atomic E-state index is 12.1. The first-order chi connectivity index (χ1) is 11.6. The molecule has 0 aliphatic heterocycles. The Morgan fingerprint density at radius 3 is 2.33 bits per heavy atom. The van der Waals surface area contributed by atoms with Gasteiger partial charge in [-0.3, -0.25) is 4.79 Å². The second-order valence-corrected chi connectivity index (χ2v) is 5.47. The standard InChI is InChI=1S/C18H20ClNO4/c1-22-15-10-13(17(24-3)16(11-15)23-2)8-9-20-18(21)12-4-6-14(19)7-5-12/h4-7,10-11H,8-9H2,1-3H3,(H,20,21). The number of rotatable bonds is 7.